The average molecular weight is 217 g/mol. The van der Waals surface area contributed by atoms with Crippen molar-refractivity contribution in [2.75, 3.05) is 20.6 Å². The number of nitrogens with zero attached hydrogens (tertiary/aromatic N) is 1. The van der Waals surface area contributed by atoms with Crippen molar-refractivity contribution in [3.8, 4) is 0 Å². The molecule has 1 atom stereocenters. The number of rotatable bonds is 6. The maximum Gasteiger partial charge on any atom is 0.221 e. The van der Waals surface area contributed by atoms with Crippen molar-refractivity contribution in [1.29, 1.82) is 0 Å². The summed E-state index contributed by atoms with van der Waals surface area (Å²) in [5.41, 5.74) is 5.58. The van der Waals surface area contributed by atoms with Gasteiger partial charge in [0.25, 0.3) is 0 Å². The van der Waals surface area contributed by atoms with Crippen LogP contribution >= 0.6 is 12.2 Å². The van der Waals surface area contributed by atoms with E-state index in [4.69, 9.17) is 18.0 Å². The van der Waals surface area contributed by atoms with Gasteiger partial charge in [0.15, 0.2) is 0 Å². The Morgan fingerprint density at radius 3 is 2.57 bits per heavy atom. The van der Waals surface area contributed by atoms with E-state index in [2.05, 4.69) is 5.32 Å². The Labute approximate surface area is 90.8 Å². The SMILES string of the molecule is CCC(C(N)=S)N(C)CCC(=O)NC. The van der Waals surface area contributed by atoms with Crippen LogP contribution in [-0.4, -0.2) is 42.5 Å². The number of nitrogens with one attached hydrogen (secondary N) is 1. The van der Waals surface area contributed by atoms with Crippen molar-refractivity contribution >= 4 is 23.1 Å². The second kappa shape index (κ2) is 6.73. The topological polar surface area (TPSA) is 58.4 Å². The molecule has 0 saturated carbocycles. The maximum absolute atomic E-state index is 11.0. The first-order valence-corrected chi connectivity index (χ1v) is 5.13. The van der Waals surface area contributed by atoms with E-state index in [1.807, 2.05) is 18.9 Å². The highest BCUT2D eigenvalue weighted by atomic mass is 32.1. The van der Waals surface area contributed by atoms with E-state index in [9.17, 15) is 4.79 Å². The van der Waals surface area contributed by atoms with Gasteiger partial charge >= 0.3 is 0 Å². The summed E-state index contributed by atoms with van der Waals surface area (Å²) in [7, 11) is 3.56. The zero-order valence-electron chi connectivity index (χ0n) is 9.04. The van der Waals surface area contributed by atoms with Crippen LogP contribution in [0.4, 0.5) is 0 Å². The summed E-state index contributed by atoms with van der Waals surface area (Å²) in [5, 5.41) is 2.58. The number of amides is 1. The largest absolute Gasteiger partial charge is 0.392 e. The van der Waals surface area contributed by atoms with Crippen molar-refractivity contribution in [3.63, 3.8) is 0 Å². The summed E-state index contributed by atoms with van der Waals surface area (Å²) in [6.45, 7) is 2.70. The van der Waals surface area contributed by atoms with Gasteiger partial charge in [-0.1, -0.05) is 19.1 Å². The molecule has 0 fully saturated rings. The predicted molar refractivity (Wildman–Crippen MR) is 62.2 cm³/mol. The normalized spacial score (nSPS) is 12.6. The fraction of sp³-hybridized carbons (Fsp3) is 0.778. The summed E-state index contributed by atoms with van der Waals surface area (Å²) in [4.78, 5) is 13.5. The van der Waals surface area contributed by atoms with Crippen molar-refractivity contribution in [1.82, 2.24) is 10.2 Å². The number of carbonyl (C=O) groups is 1. The van der Waals surface area contributed by atoms with E-state index in [1.54, 1.807) is 7.05 Å². The molecule has 4 nitrogen and oxygen atoms in total. The average Bonchev–Trinajstić information content (AvgIpc) is 2.14. The lowest BCUT2D eigenvalue weighted by Crippen LogP contribution is -2.42. The van der Waals surface area contributed by atoms with Gasteiger partial charge in [0.05, 0.1) is 11.0 Å². The fourth-order valence-electron chi connectivity index (χ4n) is 1.29. The maximum atomic E-state index is 11.0. The molecule has 0 aliphatic rings. The first-order valence-electron chi connectivity index (χ1n) is 4.73. The lowest BCUT2D eigenvalue weighted by Gasteiger charge is -2.25. The molecule has 0 radical (unpaired) electrons. The minimum absolute atomic E-state index is 0.0367. The quantitative estimate of drug-likeness (QED) is 0.620. The van der Waals surface area contributed by atoms with Crippen LogP contribution in [0.5, 0.6) is 0 Å². The van der Waals surface area contributed by atoms with Gasteiger partial charge in [0.1, 0.15) is 0 Å². The van der Waals surface area contributed by atoms with Crippen molar-refractivity contribution in [3.05, 3.63) is 0 Å². The molecule has 0 heterocycles. The number of hydrogen-bond acceptors (Lipinski definition) is 3. The van der Waals surface area contributed by atoms with E-state index in [0.717, 1.165) is 6.42 Å². The molecular formula is C9H19N3OS. The zero-order chi connectivity index (χ0) is 11.1. The highest BCUT2D eigenvalue weighted by Gasteiger charge is 2.15. The molecule has 0 spiro atoms. The third kappa shape index (κ3) is 4.53. The number of nitrogens with two attached hydrogens (primary N) is 1. The van der Waals surface area contributed by atoms with Crippen molar-refractivity contribution in [2.45, 2.75) is 25.8 Å². The molecular weight excluding hydrogens is 198 g/mol. The van der Waals surface area contributed by atoms with Gasteiger partial charge in [-0.15, -0.1) is 0 Å². The Bertz CT molecular complexity index is 208. The van der Waals surface area contributed by atoms with Crippen molar-refractivity contribution in [2.24, 2.45) is 5.73 Å². The second-order valence-corrected chi connectivity index (χ2v) is 3.70. The van der Waals surface area contributed by atoms with Crippen LogP contribution in [0.2, 0.25) is 0 Å². The Morgan fingerprint density at radius 2 is 2.21 bits per heavy atom. The van der Waals surface area contributed by atoms with Crippen molar-refractivity contribution < 1.29 is 4.79 Å². The minimum Gasteiger partial charge on any atom is -0.392 e. The minimum atomic E-state index is 0.0367. The number of likely N-dealkylation sites (N-methyl/N-ethyl adjacent to an activating group) is 1. The molecule has 82 valence electrons. The van der Waals surface area contributed by atoms with Crippen LogP contribution < -0.4 is 11.1 Å². The zero-order valence-corrected chi connectivity index (χ0v) is 9.86. The van der Waals surface area contributed by atoms with Gasteiger partial charge in [0, 0.05) is 20.0 Å². The van der Waals surface area contributed by atoms with Gasteiger partial charge in [-0.3, -0.25) is 9.69 Å². The molecule has 0 rings (SSSR count). The molecule has 0 aliphatic carbocycles. The molecule has 0 aromatic heterocycles. The van der Waals surface area contributed by atoms with E-state index in [-0.39, 0.29) is 11.9 Å². The Balaban J connectivity index is 3.98. The second-order valence-electron chi connectivity index (χ2n) is 3.23. The van der Waals surface area contributed by atoms with E-state index in [0.29, 0.717) is 18.0 Å². The third-order valence-electron chi connectivity index (χ3n) is 2.22. The fourth-order valence-corrected chi connectivity index (χ4v) is 1.64. The number of hydrogen-bond donors (Lipinski definition) is 2. The summed E-state index contributed by atoms with van der Waals surface area (Å²) in [6, 6.07) is 0.0923. The number of thiocarbonyl (C=S) groups is 1. The van der Waals surface area contributed by atoms with Gasteiger partial charge in [-0.05, 0) is 13.5 Å². The molecule has 3 N–H and O–H groups in total. The summed E-state index contributed by atoms with van der Waals surface area (Å²) in [5.74, 6) is 0.0367. The van der Waals surface area contributed by atoms with E-state index >= 15 is 0 Å². The first-order chi connectivity index (χ1) is 6.52. The summed E-state index contributed by atoms with van der Waals surface area (Å²) in [6.07, 6.45) is 1.35. The molecule has 0 aromatic rings. The first kappa shape index (κ1) is 13.3. The van der Waals surface area contributed by atoms with Crippen LogP contribution in [0.3, 0.4) is 0 Å². The predicted octanol–water partition coefficient (Wildman–Crippen LogP) is 0.119. The van der Waals surface area contributed by atoms with Crippen LogP contribution in [0.1, 0.15) is 19.8 Å². The molecule has 0 bridgehead atoms. The van der Waals surface area contributed by atoms with E-state index < -0.39 is 0 Å². The highest BCUT2D eigenvalue weighted by Crippen LogP contribution is 2.02. The summed E-state index contributed by atoms with van der Waals surface area (Å²) < 4.78 is 0. The smallest absolute Gasteiger partial charge is 0.221 e. The molecule has 0 saturated heterocycles. The number of carbonyl (C=O) groups excluding carboxylic acids is 1. The lowest BCUT2D eigenvalue weighted by molar-refractivity contribution is -0.120. The Hall–Kier alpha value is -0.680. The van der Waals surface area contributed by atoms with Gasteiger partial charge in [0.2, 0.25) is 5.91 Å². The van der Waals surface area contributed by atoms with Gasteiger partial charge in [-0.25, -0.2) is 0 Å². The Kier molecular flexibility index (Phi) is 6.40. The van der Waals surface area contributed by atoms with Gasteiger partial charge in [-0.2, -0.15) is 0 Å². The molecule has 1 amide bonds. The molecule has 0 aliphatic heterocycles. The standard InChI is InChI=1S/C9H19N3OS/c1-4-7(9(10)14)12(3)6-5-8(13)11-2/h7H,4-6H2,1-3H3,(H2,10,14)(H,11,13). The van der Waals surface area contributed by atoms with E-state index in [1.165, 1.54) is 0 Å². The van der Waals surface area contributed by atoms with Gasteiger partial charge < -0.3 is 11.1 Å². The van der Waals surface area contributed by atoms with Crippen LogP contribution in [-0.2, 0) is 4.79 Å². The molecule has 5 heteroatoms. The van der Waals surface area contributed by atoms with Crippen LogP contribution in [0.25, 0.3) is 0 Å². The Morgan fingerprint density at radius 1 is 1.64 bits per heavy atom. The summed E-state index contributed by atoms with van der Waals surface area (Å²) >= 11 is 4.94. The lowest BCUT2D eigenvalue weighted by atomic mass is 10.2. The molecule has 14 heavy (non-hydrogen) atoms. The van der Waals surface area contributed by atoms with Crippen LogP contribution in [0, 0.1) is 0 Å². The van der Waals surface area contributed by atoms with Crippen LogP contribution in [0.15, 0.2) is 0 Å². The monoisotopic (exact) mass is 217 g/mol. The molecule has 1 unspecified atom stereocenters. The highest BCUT2D eigenvalue weighted by molar-refractivity contribution is 7.80. The molecule has 0 aromatic carbocycles. The third-order valence-corrected chi connectivity index (χ3v) is 2.49.